The number of nitrogens with zero attached hydrogens (tertiary/aromatic N) is 1. The summed E-state index contributed by atoms with van der Waals surface area (Å²) in [5.41, 5.74) is 1.47. The third-order valence-electron chi connectivity index (χ3n) is 3.74. The zero-order valence-corrected chi connectivity index (χ0v) is 8.77. The van der Waals surface area contributed by atoms with Crippen molar-refractivity contribution in [3.8, 4) is 0 Å². The van der Waals surface area contributed by atoms with E-state index in [0.29, 0.717) is 5.69 Å². The Kier molecular flexibility index (Phi) is 1.30. The second kappa shape index (κ2) is 2.48. The summed E-state index contributed by atoms with van der Waals surface area (Å²) in [4.78, 5) is 11.8. The Morgan fingerprint density at radius 1 is 1.25 bits per heavy atom. The van der Waals surface area contributed by atoms with Gasteiger partial charge >= 0.3 is 5.97 Å². The quantitative estimate of drug-likeness (QED) is 0.630. The molecule has 16 heavy (non-hydrogen) atoms. The van der Waals surface area contributed by atoms with E-state index in [4.69, 9.17) is 4.74 Å². The van der Waals surface area contributed by atoms with Crippen molar-refractivity contribution in [1.82, 2.24) is 4.57 Å². The van der Waals surface area contributed by atoms with Crippen LogP contribution in [0.25, 0.3) is 10.9 Å². The number of hydrogen-bond acceptors (Lipinski definition) is 2. The third kappa shape index (κ3) is 0.788. The maximum atomic E-state index is 11.8. The lowest BCUT2D eigenvalue weighted by Crippen LogP contribution is -2.39. The molecule has 0 N–H and O–H groups in total. The first-order valence-corrected chi connectivity index (χ1v) is 5.65. The molecule has 1 aliphatic heterocycles. The van der Waals surface area contributed by atoms with E-state index < -0.39 is 0 Å². The van der Waals surface area contributed by atoms with Crippen molar-refractivity contribution in [3.63, 3.8) is 0 Å². The standard InChI is InChI=1S/C13H11NO2/c15-12-11-8-9-4-1-2-5-10(9)14(11)13(16-12)6-3-7-13/h1-2,4-5,8H,3,6-7H2. The van der Waals surface area contributed by atoms with Crippen molar-refractivity contribution in [1.29, 1.82) is 0 Å². The van der Waals surface area contributed by atoms with E-state index in [0.717, 1.165) is 30.2 Å². The monoisotopic (exact) mass is 213 g/mol. The lowest BCUT2D eigenvalue weighted by molar-refractivity contribution is -0.0958. The summed E-state index contributed by atoms with van der Waals surface area (Å²) >= 11 is 0. The largest absolute Gasteiger partial charge is 0.434 e. The Morgan fingerprint density at radius 3 is 2.81 bits per heavy atom. The summed E-state index contributed by atoms with van der Waals surface area (Å²) in [5, 5.41) is 1.13. The molecule has 0 atom stereocenters. The summed E-state index contributed by atoms with van der Waals surface area (Å²) < 4.78 is 7.62. The molecular formula is C13H11NO2. The van der Waals surface area contributed by atoms with Gasteiger partial charge in [-0.3, -0.25) is 4.57 Å². The summed E-state index contributed by atoms with van der Waals surface area (Å²) in [7, 11) is 0. The minimum atomic E-state index is -0.352. The van der Waals surface area contributed by atoms with Gasteiger partial charge in [0.25, 0.3) is 0 Å². The molecule has 80 valence electrons. The van der Waals surface area contributed by atoms with Crippen LogP contribution >= 0.6 is 0 Å². The van der Waals surface area contributed by atoms with Gasteiger partial charge in [-0.2, -0.15) is 0 Å². The number of carbonyl (C=O) groups is 1. The minimum absolute atomic E-state index is 0.170. The summed E-state index contributed by atoms with van der Waals surface area (Å²) in [6.45, 7) is 0. The van der Waals surface area contributed by atoms with Gasteiger partial charge in [0.05, 0.1) is 5.52 Å². The summed E-state index contributed by atoms with van der Waals surface area (Å²) in [5.74, 6) is -0.170. The van der Waals surface area contributed by atoms with Crippen molar-refractivity contribution >= 4 is 16.9 Å². The van der Waals surface area contributed by atoms with Gasteiger partial charge in [-0.05, 0) is 18.6 Å². The fraction of sp³-hybridized carbons (Fsp3) is 0.308. The molecule has 1 aromatic heterocycles. The minimum Gasteiger partial charge on any atom is -0.434 e. The number of ether oxygens (including phenoxy) is 1. The van der Waals surface area contributed by atoms with Crippen LogP contribution in [0.3, 0.4) is 0 Å². The van der Waals surface area contributed by atoms with Crippen LogP contribution in [0.4, 0.5) is 0 Å². The molecule has 0 radical (unpaired) electrons. The zero-order chi connectivity index (χ0) is 10.8. The fourth-order valence-electron chi connectivity index (χ4n) is 2.82. The van der Waals surface area contributed by atoms with Crippen LogP contribution in [-0.2, 0) is 10.5 Å². The Labute approximate surface area is 92.6 Å². The highest BCUT2D eigenvalue weighted by Crippen LogP contribution is 2.47. The lowest BCUT2D eigenvalue weighted by atomic mass is 9.88. The molecule has 1 aliphatic carbocycles. The lowest BCUT2D eigenvalue weighted by Gasteiger charge is -2.38. The van der Waals surface area contributed by atoms with Crippen molar-refractivity contribution < 1.29 is 9.53 Å². The highest BCUT2D eigenvalue weighted by atomic mass is 16.6. The smallest absolute Gasteiger partial charge is 0.357 e. The highest BCUT2D eigenvalue weighted by molar-refractivity contribution is 5.98. The number of hydrogen-bond donors (Lipinski definition) is 0. The second-order valence-electron chi connectivity index (χ2n) is 4.61. The average Bonchev–Trinajstić information content (AvgIpc) is 2.74. The van der Waals surface area contributed by atoms with Gasteiger partial charge in [-0.25, -0.2) is 4.79 Å². The van der Waals surface area contributed by atoms with Crippen molar-refractivity contribution in [2.24, 2.45) is 0 Å². The molecular weight excluding hydrogens is 202 g/mol. The first-order valence-electron chi connectivity index (χ1n) is 5.65. The highest BCUT2D eigenvalue weighted by Gasteiger charge is 2.50. The number of para-hydroxylation sites is 1. The van der Waals surface area contributed by atoms with E-state index in [1.165, 1.54) is 0 Å². The van der Waals surface area contributed by atoms with Crippen molar-refractivity contribution in [3.05, 3.63) is 36.0 Å². The predicted octanol–water partition coefficient (Wildman–Crippen LogP) is 2.65. The van der Waals surface area contributed by atoms with E-state index in [1.54, 1.807) is 0 Å². The van der Waals surface area contributed by atoms with Gasteiger partial charge in [0.2, 0.25) is 0 Å². The molecule has 2 heterocycles. The van der Waals surface area contributed by atoms with Gasteiger partial charge in [0.1, 0.15) is 5.69 Å². The van der Waals surface area contributed by atoms with Gasteiger partial charge in [-0.1, -0.05) is 18.2 Å². The molecule has 2 aromatic rings. The average molecular weight is 213 g/mol. The predicted molar refractivity (Wildman–Crippen MR) is 59.2 cm³/mol. The van der Waals surface area contributed by atoms with Gasteiger partial charge in [0, 0.05) is 18.2 Å². The van der Waals surface area contributed by atoms with E-state index in [1.807, 2.05) is 24.3 Å². The molecule has 0 saturated heterocycles. The summed E-state index contributed by atoms with van der Waals surface area (Å²) in [6, 6.07) is 10.0. The first-order chi connectivity index (χ1) is 7.80. The SMILES string of the molecule is O=C1OC2(CCC2)n2c1cc1ccccc12. The maximum absolute atomic E-state index is 11.8. The number of rotatable bonds is 0. The molecule has 1 aromatic carbocycles. The first kappa shape index (κ1) is 8.39. The third-order valence-corrected chi connectivity index (χ3v) is 3.74. The Balaban J connectivity index is 2.10. The number of carbonyl (C=O) groups excluding carboxylic acids is 1. The van der Waals surface area contributed by atoms with Gasteiger partial charge in [0.15, 0.2) is 5.72 Å². The number of esters is 1. The van der Waals surface area contributed by atoms with E-state index in [9.17, 15) is 4.79 Å². The fourth-order valence-corrected chi connectivity index (χ4v) is 2.82. The van der Waals surface area contributed by atoms with E-state index >= 15 is 0 Å². The van der Waals surface area contributed by atoms with Crippen molar-refractivity contribution in [2.75, 3.05) is 0 Å². The van der Waals surface area contributed by atoms with Crippen LogP contribution in [0, 0.1) is 0 Å². The van der Waals surface area contributed by atoms with E-state index in [2.05, 4.69) is 10.6 Å². The van der Waals surface area contributed by atoms with E-state index in [-0.39, 0.29) is 11.7 Å². The molecule has 1 spiro atoms. The number of aromatic nitrogens is 1. The molecule has 4 rings (SSSR count). The second-order valence-corrected chi connectivity index (χ2v) is 4.61. The molecule has 0 bridgehead atoms. The van der Waals surface area contributed by atoms with Crippen LogP contribution in [-0.4, -0.2) is 10.5 Å². The maximum Gasteiger partial charge on any atom is 0.357 e. The molecule has 0 amide bonds. The Hall–Kier alpha value is -1.77. The van der Waals surface area contributed by atoms with Crippen LogP contribution in [0.15, 0.2) is 30.3 Å². The summed E-state index contributed by atoms with van der Waals surface area (Å²) in [6.07, 6.45) is 3.04. The number of fused-ring (bicyclic) bond motifs is 4. The zero-order valence-electron chi connectivity index (χ0n) is 8.77. The molecule has 3 heteroatoms. The van der Waals surface area contributed by atoms with Crippen LogP contribution < -0.4 is 0 Å². The molecule has 1 fully saturated rings. The molecule has 0 unspecified atom stereocenters. The van der Waals surface area contributed by atoms with Crippen molar-refractivity contribution in [2.45, 2.75) is 25.0 Å². The molecule has 1 saturated carbocycles. The molecule has 3 nitrogen and oxygen atoms in total. The van der Waals surface area contributed by atoms with Crippen LogP contribution in [0.2, 0.25) is 0 Å². The normalized spacial score (nSPS) is 20.9. The number of benzene rings is 1. The van der Waals surface area contributed by atoms with Crippen LogP contribution in [0.1, 0.15) is 29.8 Å². The Morgan fingerprint density at radius 2 is 2.06 bits per heavy atom. The Bertz CT molecular complexity index is 607. The van der Waals surface area contributed by atoms with Gasteiger partial charge in [-0.15, -0.1) is 0 Å². The topological polar surface area (TPSA) is 31.2 Å². The molecule has 2 aliphatic rings. The van der Waals surface area contributed by atoms with Crippen LogP contribution in [0.5, 0.6) is 0 Å². The van der Waals surface area contributed by atoms with Gasteiger partial charge < -0.3 is 4.74 Å².